The maximum atomic E-state index is 12.8. The maximum absolute atomic E-state index is 12.8. The van der Waals surface area contributed by atoms with E-state index in [0.717, 1.165) is 34.7 Å². The molecule has 0 atom stereocenters. The molecular formula is C20H27N5O. The van der Waals surface area contributed by atoms with Crippen LogP contribution < -0.4 is 5.32 Å². The Morgan fingerprint density at radius 2 is 1.85 bits per heavy atom. The molecule has 2 aromatic rings. The maximum Gasteiger partial charge on any atom is 0.252 e. The second kappa shape index (κ2) is 5.76. The molecule has 2 heterocycles. The highest BCUT2D eigenvalue weighted by atomic mass is 16.1. The van der Waals surface area contributed by atoms with Crippen LogP contribution in [0.5, 0.6) is 0 Å². The lowest BCUT2D eigenvalue weighted by atomic mass is 9.53. The van der Waals surface area contributed by atoms with Crippen LogP contribution in [0.2, 0.25) is 0 Å². The number of aromatic nitrogens is 4. The number of amides is 1. The Bertz CT molecular complexity index is 835. The first kappa shape index (κ1) is 16.2. The molecule has 0 aliphatic heterocycles. The Balaban J connectivity index is 1.28. The lowest BCUT2D eigenvalue weighted by Gasteiger charge is -2.56. The van der Waals surface area contributed by atoms with Gasteiger partial charge in [0, 0.05) is 23.3 Å². The van der Waals surface area contributed by atoms with Crippen LogP contribution in [0.4, 0.5) is 0 Å². The monoisotopic (exact) mass is 353 g/mol. The molecule has 4 bridgehead atoms. The summed E-state index contributed by atoms with van der Waals surface area (Å²) in [6, 6.07) is 0. The third-order valence-corrected chi connectivity index (χ3v) is 7.03. The van der Waals surface area contributed by atoms with E-state index in [4.69, 9.17) is 0 Å². The van der Waals surface area contributed by atoms with Crippen molar-refractivity contribution in [1.82, 2.24) is 24.9 Å². The number of nitrogens with zero attached hydrogens (tertiary/aromatic N) is 4. The van der Waals surface area contributed by atoms with E-state index >= 15 is 0 Å². The number of fused-ring (bicyclic) bond motifs is 1. The van der Waals surface area contributed by atoms with Crippen LogP contribution in [-0.2, 0) is 11.2 Å². The number of carbonyl (C=O) groups excluding carboxylic acids is 1. The minimum absolute atomic E-state index is 0.101. The molecule has 4 aliphatic carbocycles. The van der Waals surface area contributed by atoms with Gasteiger partial charge >= 0.3 is 0 Å². The van der Waals surface area contributed by atoms with E-state index in [1.54, 1.807) is 4.52 Å². The minimum Gasteiger partial charge on any atom is -0.351 e. The van der Waals surface area contributed by atoms with Gasteiger partial charge in [-0.05, 0) is 82.1 Å². The fourth-order valence-electron chi connectivity index (χ4n) is 6.38. The largest absolute Gasteiger partial charge is 0.351 e. The topological polar surface area (TPSA) is 72.2 Å². The summed E-state index contributed by atoms with van der Waals surface area (Å²) in [5, 5.41) is 7.71. The van der Waals surface area contributed by atoms with Gasteiger partial charge in [0.25, 0.3) is 5.78 Å². The Morgan fingerprint density at radius 3 is 2.50 bits per heavy atom. The predicted octanol–water partition coefficient (Wildman–Crippen LogP) is 2.76. The third kappa shape index (κ3) is 2.61. The molecule has 0 unspecified atom stereocenters. The molecule has 0 saturated heterocycles. The van der Waals surface area contributed by atoms with Crippen molar-refractivity contribution in [3.63, 3.8) is 0 Å². The molecule has 6 nitrogen and oxygen atoms in total. The van der Waals surface area contributed by atoms with Crippen molar-refractivity contribution in [1.29, 1.82) is 0 Å². The number of carbonyl (C=O) groups is 1. The van der Waals surface area contributed by atoms with Gasteiger partial charge in [-0.25, -0.2) is 9.50 Å². The molecule has 4 aliphatic rings. The van der Waals surface area contributed by atoms with Gasteiger partial charge in [-0.15, -0.1) is 0 Å². The molecule has 138 valence electrons. The fourth-order valence-corrected chi connectivity index (χ4v) is 6.38. The summed E-state index contributed by atoms with van der Waals surface area (Å²) in [4.78, 5) is 21.4. The van der Waals surface area contributed by atoms with Crippen molar-refractivity contribution in [3.8, 4) is 0 Å². The summed E-state index contributed by atoms with van der Waals surface area (Å²) in [6.07, 6.45) is 10.6. The summed E-state index contributed by atoms with van der Waals surface area (Å²) in [7, 11) is 0. The highest BCUT2D eigenvalue weighted by Crippen LogP contribution is 2.55. The predicted molar refractivity (Wildman–Crippen MR) is 97.6 cm³/mol. The highest BCUT2D eigenvalue weighted by molar-refractivity contribution is 5.77. The molecule has 4 fully saturated rings. The number of aryl methyl sites for hydroxylation is 2. The van der Waals surface area contributed by atoms with Gasteiger partial charge < -0.3 is 5.32 Å². The highest BCUT2D eigenvalue weighted by Gasteiger charge is 2.51. The zero-order chi connectivity index (χ0) is 17.9. The van der Waals surface area contributed by atoms with E-state index in [2.05, 4.69) is 20.4 Å². The lowest BCUT2D eigenvalue weighted by molar-refractivity contribution is -0.126. The van der Waals surface area contributed by atoms with E-state index < -0.39 is 0 Å². The fraction of sp³-hybridized carbons (Fsp3) is 0.700. The lowest BCUT2D eigenvalue weighted by Crippen LogP contribution is -2.59. The molecule has 6 heteroatoms. The standard InChI is InChI=1S/C20H27N5O/c1-12-17(13(2)25-19(23-12)21-11-22-25)3-4-18(26)24-20-8-14-5-15(9-20)7-16(6-14)10-20/h11,14-16H,3-10H2,1-2H3,(H,24,26). The summed E-state index contributed by atoms with van der Waals surface area (Å²) in [5.74, 6) is 3.38. The van der Waals surface area contributed by atoms with Crippen LogP contribution in [-0.4, -0.2) is 31.0 Å². The normalized spacial score (nSPS) is 32.3. The minimum atomic E-state index is 0.101. The second-order valence-corrected chi connectivity index (χ2v) is 8.98. The van der Waals surface area contributed by atoms with E-state index in [1.165, 1.54) is 44.9 Å². The second-order valence-electron chi connectivity index (χ2n) is 8.98. The first-order valence-electron chi connectivity index (χ1n) is 9.98. The summed E-state index contributed by atoms with van der Waals surface area (Å²) < 4.78 is 1.76. The van der Waals surface area contributed by atoms with E-state index in [-0.39, 0.29) is 11.4 Å². The Kier molecular flexibility index (Phi) is 3.59. The van der Waals surface area contributed by atoms with Gasteiger partial charge in [0.1, 0.15) is 6.33 Å². The van der Waals surface area contributed by atoms with Crippen LogP contribution in [0.3, 0.4) is 0 Å². The molecule has 1 N–H and O–H groups in total. The van der Waals surface area contributed by atoms with Crippen molar-refractivity contribution in [2.24, 2.45) is 17.8 Å². The molecule has 0 spiro atoms. The van der Waals surface area contributed by atoms with Crippen molar-refractivity contribution in [2.45, 2.75) is 70.8 Å². The molecule has 4 saturated carbocycles. The van der Waals surface area contributed by atoms with E-state index in [9.17, 15) is 4.79 Å². The molecule has 1 amide bonds. The average molecular weight is 353 g/mol. The zero-order valence-electron chi connectivity index (χ0n) is 15.7. The zero-order valence-corrected chi connectivity index (χ0v) is 15.7. The number of rotatable bonds is 4. The molecule has 0 radical (unpaired) electrons. The van der Waals surface area contributed by atoms with Crippen molar-refractivity contribution < 1.29 is 4.79 Å². The molecule has 0 aromatic carbocycles. The van der Waals surface area contributed by atoms with Crippen LogP contribution >= 0.6 is 0 Å². The number of nitrogens with one attached hydrogen (secondary N) is 1. The van der Waals surface area contributed by atoms with Gasteiger partial charge in [-0.3, -0.25) is 4.79 Å². The van der Waals surface area contributed by atoms with E-state index in [1.807, 2.05) is 13.8 Å². The first-order valence-corrected chi connectivity index (χ1v) is 9.98. The number of hydrogen-bond acceptors (Lipinski definition) is 4. The Labute approximate surface area is 153 Å². The molecule has 2 aromatic heterocycles. The van der Waals surface area contributed by atoms with Crippen molar-refractivity contribution >= 4 is 11.7 Å². The SMILES string of the molecule is Cc1nc2ncnn2c(C)c1CCC(=O)NC12CC3CC(CC(C3)C1)C2. The quantitative estimate of drug-likeness (QED) is 0.917. The van der Waals surface area contributed by atoms with Gasteiger partial charge in [0.2, 0.25) is 5.91 Å². The van der Waals surface area contributed by atoms with Crippen molar-refractivity contribution in [2.75, 3.05) is 0 Å². The van der Waals surface area contributed by atoms with Gasteiger partial charge in [0.05, 0.1) is 0 Å². The van der Waals surface area contributed by atoms with Gasteiger partial charge in [-0.1, -0.05) is 0 Å². The van der Waals surface area contributed by atoms with Crippen molar-refractivity contribution in [3.05, 3.63) is 23.3 Å². The average Bonchev–Trinajstić information content (AvgIpc) is 3.01. The van der Waals surface area contributed by atoms with Crippen LogP contribution in [0, 0.1) is 31.6 Å². The van der Waals surface area contributed by atoms with Gasteiger partial charge in [-0.2, -0.15) is 10.1 Å². The van der Waals surface area contributed by atoms with E-state index in [0.29, 0.717) is 18.6 Å². The van der Waals surface area contributed by atoms with Crippen LogP contribution in [0.25, 0.3) is 5.78 Å². The van der Waals surface area contributed by atoms with Gasteiger partial charge in [0.15, 0.2) is 0 Å². The summed E-state index contributed by atoms with van der Waals surface area (Å²) in [6.45, 7) is 4.02. The Hall–Kier alpha value is -1.98. The number of hydrogen-bond donors (Lipinski definition) is 1. The smallest absolute Gasteiger partial charge is 0.252 e. The molecule has 6 rings (SSSR count). The molecular weight excluding hydrogens is 326 g/mol. The Morgan fingerprint density at radius 1 is 1.19 bits per heavy atom. The van der Waals surface area contributed by atoms with Crippen LogP contribution in [0.1, 0.15) is 61.9 Å². The third-order valence-electron chi connectivity index (χ3n) is 7.03. The first-order chi connectivity index (χ1) is 12.5. The summed E-state index contributed by atoms with van der Waals surface area (Å²) >= 11 is 0. The van der Waals surface area contributed by atoms with Crippen LogP contribution in [0.15, 0.2) is 6.33 Å². The molecule has 26 heavy (non-hydrogen) atoms. The summed E-state index contributed by atoms with van der Waals surface area (Å²) in [5.41, 5.74) is 3.20.